The van der Waals surface area contributed by atoms with Crippen molar-refractivity contribution in [3.8, 4) is 11.5 Å². The number of rotatable bonds is 9. The SMILES string of the molecule is COc1cc(CNCCCO)cc(Br)c1OCc1ccc(F)cc1Cl. The molecule has 4 nitrogen and oxygen atoms in total. The lowest BCUT2D eigenvalue weighted by atomic mass is 10.2. The van der Waals surface area contributed by atoms with E-state index in [1.807, 2.05) is 12.1 Å². The Labute approximate surface area is 160 Å². The molecular weight excluding hydrogens is 413 g/mol. The lowest BCUT2D eigenvalue weighted by Crippen LogP contribution is -2.15. The van der Waals surface area contributed by atoms with E-state index >= 15 is 0 Å². The number of benzene rings is 2. The van der Waals surface area contributed by atoms with E-state index in [0.29, 0.717) is 35.1 Å². The molecule has 0 heterocycles. The van der Waals surface area contributed by atoms with Gasteiger partial charge in [0.15, 0.2) is 11.5 Å². The molecule has 0 unspecified atom stereocenters. The van der Waals surface area contributed by atoms with E-state index in [4.69, 9.17) is 26.2 Å². The van der Waals surface area contributed by atoms with E-state index in [9.17, 15) is 4.39 Å². The van der Waals surface area contributed by atoms with Crippen LogP contribution in [0.3, 0.4) is 0 Å². The van der Waals surface area contributed by atoms with Gasteiger partial charge in [-0.25, -0.2) is 4.39 Å². The summed E-state index contributed by atoms with van der Waals surface area (Å²) in [7, 11) is 1.57. The molecule has 0 amide bonds. The maximum atomic E-state index is 13.1. The summed E-state index contributed by atoms with van der Waals surface area (Å²) in [6, 6.07) is 8.03. The Bertz CT molecular complexity index is 715. The van der Waals surface area contributed by atoms with Gasteiger partial charge in [0.1, 0.15) is 12.4 Å². The first-order chi connectivity index (χ1) is 12.0. The maximum absolute atomic E-state index is 13.1. The molecule has 0 fully saturated rings. The van der Waals surface area contributed by atoms with Crippen LogP contribution >= 0.6 is 27.5 Å². The van der Waals surface area contributed by atoms with Crippen molar-refractivity contribution in [2.45, 2.75) is 19.6 Å². The monoisotopic (exact) mass is 431 g/mol. The van der Waals surface area contributed by atoms with E-state index in [-0.39, 0.29) is 19.0 Å². The molecule has 0 saturated carbocycles. The minimum atomic E-state index is -0.384. The quantitative estimate of drug-likeness (QED) is 0.580. The topological polar surface area (TPSA) is 50.7 Å². The number of nitrogens with one attached hydrogen (secondary N) is 1. The van der Waals surface area contributed by atoms with Gasteiger partial charge in [0, 0.05) is 18.7 Å². The van der Waals surface area contributed by atoms with Crippen LogP contribution in [0.25, 0.3) is 0 Å². The number of ether oxygens (including phenoxy) is 2. The fourth-order valence-electron chi connectivity index (χ4n) is 2.24. The molecule has 7 heteroatoms. The second-order valence-corrected chi connectivity index (χ2v) is 6.65. The van der Waals surface area contributed by atoms with Crippen LogP contribution in [0.5, 0.6) is 11.5 Å². The summed E-state index contributed by atoms with van der Waals surface area (Å²) in [6.45, 7) is 1.75. The van der Waals surface area contributed by atoms with Gasteiger partial charge in [-0.15, -0.1) is 0 Å². The second-order valence-electron chi connectivity index (χ2n) is 5.39. The summed E-state index contributed by atoms with van der Waals surface area (Å²) in [5.74, 6) is 0.763. The van der Waals surface area contributed by atoms with E-state index in [1.165, 1.54) is 12.1 Å². The lowest BCUT2D eigenvalue weighted by molar-refractivity contribution is 0.282. The molecule has 0 saturated heterocycles. The highest BCUT2D eigenvalue weighted by Crippen LogP contribution is 2.37. The van der Waals surface area contributed by atoms with Crippen LogP contribution < -0.4 is 14.8 Å². The lowest BCUT2D eigenvalue weighted by Gasteiger charge is -2.15. The van der Waals surface area contributed by atoms with Crippen molar-refractivity contribution in [1.82, 2.24) is 5.32 Å². The highest BCUT2D eigenvalue weighted by molar-refractivity contribution is 9.10. The highest BCUT2D eigenvalue weighted by Gasteiger charge is 2.13. The standard InChI is InChI=1S/C18H20BrClFNO3/c1-24-17-8-12(10-22-5-2-6-23)7-15(19)18(17)25-11-13-3-4-14(21)9-16(13)20/h3-4,7-9,22-23H,2,5-6,10-11H2,1H3. The fourth-order valence-corrected chi connectivity index (χ4v) is 3.07. The van der Waals surface area contributed by atoms with Crippen LogP contribution in [0.2, 0.25) is 5.02 Å². The molecule has 0 aromatic heterocycles. The number of hydrogen-bond acceptors (Lipinski definition) is 4. The Morgan fingerprint density at radius 3 is 2.76 bits per heavy atom. The molecule has 0 radical (unpaired) electrons. The predicted molar refractivity (Wildman–Crippen MR) is 99.8 cm³/mol. The van der Waals surface area contributed by atoms with E-state index < -0.39 is 0 Å². The molecule has 0 aliphatic carbocycles. The van der Waals surface area contributed by atoms with E-state index in [0.717, 1.165) is 16.6 Å². The van der Waals surface area contributed by atoms with Gasteiger partial charge < -0.3 is 19.9 Å². The van der Waals surface area contributed by atoms with Crippen LogP contribution in [-0.4, -0.2) is 25.4 Å². The molecular formula is C18H20BrClFNO3. The molecule has 0 aliphatic heterocycles. The Hall–Kier alpha value is -1.34. The van der Waals surface area contributed by atoms with E-state index in [1.54, 1.807) is 13.2 Å². The van der Waals surface area contributed by atoms with Gasteiger partial charge >= 0.3 is 0 Å². The van der Waals surface area contributed by atoms with Crippen molar-refractivity contribution >= 4 is 27.5 Å². The van der Waals surface area contributed by atoms with Gasteiger partial charge in [-0.2, -0.15) is 0 Å². The third kappa shape index (κ3) is 5.85. The van der Waals surface area contributed by atoms with Crippen molar-refractivity contribution in [2.24, 2.45) is 0 Å². The summed E-state index contributed by atoms with van der Waals surface area (Å²) >= 11 is 9.53. The van der Waals surface area contributed by atoms with Gasteiger partial charge in [-0.3, -0.25) is 0 Å². The molecule has 25 heavy (non-hydrogen) atoms. The zero-order chi connectivity index (χ0) is 18.2. The first-order valence-electron chi connectivity index (χ1n) is 7.80. The Kier molecular flexibility index (Phi) is 7.96. The molecule has 2 N–H and O–H groups in total. The zero-order valence-electron chi connectivity index (χ0n) is 13.8. The van der Waals surface area contributed by atoms with E-state index in [2.05, 4.69) is 21.2 Å². The molecule has 136 valence electrons. The minimum absolute atomic E-state index is 0.165. The third-order valence-corrected chi connectivity index (χ3v) is 4.46. The summed E-state index contributed by atoms with van der Waals surface area (Å²) in [4.78, 5) is 0. The van der Waals surface area contributed by atoms with Crippen LogP contribution in [0.1, 0.15) is 17.5 Å². The average molecular weight is 433 g/mol. The normalized spacial score (nSPS) is 10.8. The van der Waals surface area contributed by atoms with Crippen molar-refractivity contribution in [3.63, 3.8) is 0 Å². The van der Waals surface area contributed by atoms with Crippen molar-refractivity contribution in [2.75, 3.05) is 20.3 Å². The first kappa shape index (κ1) is 20.0. The number of hydrogen-bond donors (Lipinski definition) is 2. The van der Waals surface area contributed by atoms with Gasteiger partial charge in [0.05, 0.1) is 16.6 Å². The molecule has 0 bridgehead atoms. The number of aliphatic hydroxyl groups excluding tert-OH is 1. The van der Waals surface area contributed by atoms with Gasteiger partial charge in [0.25, 0.3) is 0 Å². The van der Waals surface area contributed by atoms with Gasteiger partial charge in [-0.1, -0.05) is 17.7 Å². The zero-order valence-corrected chi connectivity index (χ0v) is 16.2. The Balaban J connectivity index is 2.09. The summed E-state index contributed by atoms with van der Waals surface area (Å²) in [5.41, 5.74) is 1.71. The summed E-state index contributed by atoms with van der Waals surface area (Å²) in [5, 5.41) is 12.4. The largest absolute Gasteiger partial charge is 0.493 e. The third-order valence-electron chi connectivity index (χ3n) is 3.52. The molecule has 2 aromatic rings. The van der Waals surface area contributed by atoms with Crippen LogP contribution in [0, 0.1) is 5.82 Å². The molecule has 2 aromatic carbocycles. The maximum Gasteiger partial charge on any atom is 0.175 e. The Morgan fingerprint density at radius 2 is 2.08 bits per heavy atom. The highest BCUT2D eigenvalue weighted by atomic mass is 79.9. The summed E-state index contributed by atoms with van der Waals surface area (Å²) in [6.07, 6.45) is 0.706. The molecule has 0 atom stereocenters. The summed E-state index contributed by atoms with van der Waals surface area (Å²) < 4.78 is 25.1. The van der Waals surface area contributed by atoms with Gasteiger partial charge in [-0.05, 0) is 58.7 Å². The smallest absolute Gasteiger partial charge is 0.175 e. The number of aliphatic hydroxyl groups is 1. The number of methoxy groups -OCH3 is 1. The predicted octanol–water partition coefficient (Wildman–Crippen LogP) is 4.30. The van der Waals surface area contributed by atoms with Crippen molar-refractivity contribution in [1.29, 1.82) is 0 Å². The van der Waals surface area contributed by atoms with Crippen LogP contribution in [-0.2, 0) is 13.2 Å². The average Bonchev–Trinajstić information content (AvgIpc) is 2.58. The number of halogens is 3. The van der Waals surface area contributed by atoms with Crippen LogP contribution in [0.15, 0.2) is 34.8 Å². The molecule has 0 spiro atoms. The molecule has 2 rings (SSSR count). The molecule has 0 aliphatic rings. The minimum Gasteiger partial charge on any atom is -0.493 e. The second kappa shape index (κ2) is 9.97. The van der Waals surface area contributed by atoms with Gasteiger partial charge in [0.2, 0.25) is 0 Å². The van der Waals surface area contributed by atoms with Crippen molar-refractivity contribution in [3.05, 3.63) is 56.8 Å². The van der Waals surface area contributed by atoms with Crippen LogP contribution in [0.4, 0.5) is 4.39 Å². The Morgan fingerprint density at radius 1 is 1.28 bits per heavy atom. The van der Waals surface area contributed by atoms with Crippen molar-refractivity contribution < 1.29 is 19.0 Å². The first-order valence-corrected chi connectivity index (χ1v) is 8.97. The fraction of sp³-hybridized carbons (Fsp3) is 0.333.